The maximum atomic E-state index is 12.4. The number of hydrogen-bond donors (Lipinski definition) is 2. The number of para-hydroxylation sites is 1. The van der Waals surface area contributed by atoms with Crippen LogP contribution in [0.3, 0.4) is 0 Å². The number of piperidine rings is 2. The Labute approximate surface area is 151 Å². The van der Waals surface area contributed by atoms with Crippen molar-refractivity contribution in [2.75, 3.05) is 7.05 Å². The Bertz CT molecular complexity index is 551. The Morgan fingerprint density at radius 3 is 2.44 bits per heavy atom. The summed E-state index contributed by atoms with van der Waals surface area (Å²) in [6.07, 6.45) is 5.86. The minimum atomic E-state index is -0.0926. The van der Waals surface area contributed by atoms with Crippen LogP contribution in [0.5, 0.6) is 5.75 Å². The zero-order valence-electron chi connectivity index (χ0n) is 15.6. The minimum absolute atomic E-state index is 0.0639. The van der Waals surface area contributed by atoms with Crippen LogP contribution in [0.1, 0.15) is 46.0 Å². The third kappa shape index (κ3) is 4.66. The number of nitrogens with one attached hydrogen (secondary N) is 2. The first-order valence-electron chi connectivity index (χ1n) is 9.53. The van der Waals surface area contributed by atoms with E-state index in [1.165, 1.54) is 19.3 Å². The van der Waals surface area contributed by atoms with Crippen molar-refractivity contribution in [3.05, 3.63) is 30.3 Å². The first kappa shape index (κ1) is 18.1. The molecular formula is C20H31N3O2. The van der Waals surface area contributed by atoms with Gasteiger partial charge < -0.3 is 20.3 Å². The van der Waals surface area contributed by atoms with Crippen molar-refractivity contribution in [2.24, 2.45) is 0 Å². The van der Waals surface area contributed by atoms with E-state index in [0.717, 1.165) is 18.6 Å². The molecule has 2 N–H and O–H groups in total. The maximum Gasteiger partial charge on any atom is 0.315 e. The molecule has 25 heavy (non-hydrogen) atoms. The number of fused-ring (bicyclic) bond motifs is 2. The van der Waals surface area contributed by atoms with Crippen LogP contribution in [0.2, 0.25) is 0 Å². The van der Waals surface area contributed by atoms with Gasteiger partial charge in [0.25, 0.3) is 0 Å². The molecular weight excluding hydrogens is 314 g/mol. The lowest BCUT2D eigenvalue weighted by atomic mass is 9.82. The standard InChI is InChI=1S/C20H31N3O2/c1-14(15(2)25-19-10-5-4-6-11-19)21-20(24)22-16-12-17-8-7-9-18(13-16)23(17)3/h4-6,10-11,14-18H,7-9,12-13H2,1-3H3,(H2,21,22,24)/t14-,15-,16?,17-,18+/m0/s1. The Kier molecular flexibility index (Phi) is 5.84. The molecule has 2 aliphatic rings. The van der Waals surface area contributed by atoms with Crippen molar-refractivity contribution in [3.63, 3.8) is 0 Å². The van der Waals surface area contributed by atoms with Gasteiger partial charge in [-0.1, -0.05) is 24.6 Å². The molecule has 0 saturated carbocycles. The minimum Gasteiger partial charge on any atom is -0.489 e. The molecule has 2 heterocycles. The molecule has 1 aromatic rings. The fraction of sp³-hybridized carbons (Fsp3) is 0.650. The van der Waals surface area contributed by atoms with E-state index in [1.807, 2.05) is 44.2 Å². The molecule has 3 rings (SSSR count). The maximum absolute atomic E-state index is 12.4. The summed E-state index contributed by atoms with van der Waals surface area (Å²) in [5.41, 5.74) is 0. The zero-order chi connectivity index (χ0) is 17.8. The molecule has 5 atom stereocenters. The summed E-state index contributed by atoms with van der Waals surface area (Å²) in [5, 5.41) is 6.22. The molecule has 138 valence electrons. The normalized spacial score (nSPS) is 28.7. The molecule has 5 nitrogen and oxygen atoms in total. The van der Waals surface area contributed by atoms with Gasteiger partial charge in [-0.15, -0.1) is 0 Å². The van der Waals surface area contributed by atoms with Crippen molar-refractivity contribution < 1.29 is 9.53 Å². The number of benzene rings is 1. The van der Waals surface area contributed by atoms with Crippen molar-refractivity contribution in [1.82, 2.24) is 15.5 Å². The lowest BCUT2D eigenvalue weighted by Crippen LogP contribution is -2.57. The predicted octanol–water partition coefficient (Wildman–Crippen LogP) is 3.16. The average molecular weight is 345 g/mol. The van der Waals surface area contributed by atoms with Crippen LogP contribution in [-0.2, 0) is 0 Å². The van der Waals surface area contributed by atoms with Gasteiger partial charge in [-0.05, 0) is 58.7 Å². The van der Waals surface area contributed by atoms with Crippen LogP contribution in [0.15, 0.2) is 30.3 Å². The molecule has 2 fully saturated rings. The lowest BCUT2D eigenvalue weighted by molar-refractivity contribution is 0.0506. The third-order valence-electron chi connectivity index (χ3n) is 5.80. The van der Waals surface area contributed by atoms with Gasteiger partial charge in [-0.3, -0.25) is 0 Å². The SMILES string of the molecule is C[C@H](NC(=O)NC1C[C@H]2CCC[C@@H](C1)N2C)[C@H](C)Oc1ccccc1. The quantitative estimate of drug-likeness (QED) is 0.862. The Morgan fingerprint density at radius 2 is 1.80 bits per heavy atom. The monoisotopic (exact) mass is 345 g/mol. The second-order valence-corrected chi connectivity index (χ2v) is 7.61. The lowest BCUT2D eigenvalue weighted by Gasteiger charge is -2.47. The van der Waals surface area contributed by atoms with Gasteiger partial charge in [0, 0.05) is 18.1 Å². The largest absolute Gasteiger partial charge is 0.489 e. The van der Waals surface area contributed by atoms with Gasteiger partial charge in [-0.2, -0.15) is 0 Å². The van der Waals surface area contributed by atoms with E-state index < -0.39 is 0 Å². The summed E-state index contributed by atoms with van der Waals surface area (Å²) in [7, 11) is 2.23. The van der Waals surface area contributed by atoms with Crippen LogP contribution >= 0.6 is 0 Å². The predicted molar refractivity (Wildman–Crippen MR) is 99.9 cm³/mol. The second-order valence-electron chi connectivity index (χ2n) is 7.61. The summed E-state index contributed by atoms with van der Waals surface area (Å²) in [6.45, 7) is 3.97. The highest BCUT2D eigenvalue weighted by molar-refractivity contribution is 5.74. The Morgan fingerprint density at radius 1 is 1.16 bits per heavy atom. The highest BCUT2D eigenvalue weighted by Crippen LogP contribution is 2.32. The summed E-state index contributed by atoms with van der Waals surface area (Å²) >= 11 is 0. The summed E-state index contributed by atoms with van der Waals surface area (Å²) in [5.74, 6) is 0.826. The molecule has 5 heteroatoms. The van der Waals surface area contributed by atoms with E-state index in [-0.39, 0.29) is 24.2 Å². The number of carbonyl (C=O) groups excluding carboxylic acids is 1. The molecule has 1 aromatic carbocycles. The van der Waals surface area contributed by atoms with E-state index in [1.54, 1.807) is 0 Å². The van der Waals surface area contributed by atoms with Crippen LogP contribution < -0.4 is 15.4 Å². The molecule has 1 unspecified atom stereocenters. The molecule has 0 radical (unpaired) electrons. The smallest absolute Gasteiger partial charge is 0.315 e. The van der Waals surface area contributed by atoms with Crippen LogP contribution in [0, 0.1) is 0 Å². The van der Waals surface area contributed by atoms with E-state index in [2.05, 4.69) is 22.6 Å². The molecule has 0 spiro atoms. The van der Waals surface area contributed by atoms with Crippen LogP contribution in [0.25, 0.3) is 0 Å². The number of nitrogens with zero attached hydrogens (tertiary/aromatic N) is 1. The highest BCUT2D eigenvalue weighted by atomic mass is 16.5. The summed E-state index contributed by atoms with van der Waals surface area (Å²) in [6, 6.07) is 11.1. The van der Waals surface area contributed by atoms with Crippen molar-refractivity contribution in [1.29, 1.82) is 0 Å². The molecule has 2 saturated heterocycles. The second kappa shape index (κ2) is 8.09. The van der Waals surface area contributed by atoms with Crippen molar-refractivity contribution >= 4 is 6.03 Å². The fourth-order valence-electron chi connectivity index (χ4n) is 4.10. The van der Waals surface area contributed by atoms with Crippen LogP contribution in [-0.4, -0.2) is 48.3 Å². The third-order valence-corrected chi connectivity index (χ3v) is 5.80. The summed E-state index contributed by atoms with van der Waals surface area (Å²) < 4.78 is 5.89. The van der Waals surface area contributed by atoms with Crippen LogP contribution in [0.4, 0.5) is 4.79 Å². The molecule has 0 aliphatic carbocycles. The van der Waals surface area contributed by atoms with E-state index in [0.29, 0.717) is 12.1 Å². The van der Waals surface area contributed by atoms with E-state index >= 15 is 0 Å². The van der Waals surface area contributed by atoms with Crippen molar-refractivity contribution in [3.8, 4) is 5.75 Å². The van der Waals surface area contributed by atoms with Gasteiger partial charge in [0.1, 0.15) is 11.9 Å². The molecule has 2 bridgehead atoms. The first-order chi connectivity index (χ1) is 12.0. The topological polar surface area (TPSA) is 53.6 Å². The van der Waals surface area contributed by atoms with Gasteiger partial charge in [-0.25, -0.2) is 4.79 Å². The van der Waals surface area contributed by atoms with Gasteiger partial charge in [0.05, 0.1) is 6.04 Å². The number of hydrogen-bond acceptors (Lipinski definition) is 3. The first-order valence-corrected chi connectivity index (χ1v) is 9.53. The van der Waals surface area contributed by atoms with E-state index in [4.69, 9.17) is 4.74 Å². The zero-order valence-corrected chi connectivity index (χ0v) is 15.6. The number of rotatable bonds is 5. The number of carbonyl (C=O) groups is 1. The number of ether oxygens (including phenoxy) is 1. The molecule has 0 aromatic heterocycles. The van der Waals surface area contributed by atoms with E-state index in [9.17, 15) is 4.79 Å². The Hall–Kier alpha value is -1.75. The highest BCUT2D eigenvalue weighted by Gasteiger charge is 2.36. The Balaban J connectivity index is 1.45. The molecule has 2 aliphatic heterocycles. The molecule has 2 amide bonds. The number of amides is 2. The average Bonchev–Trinajstić information content (AvgIpc) is 2.56. The van der Waals surface area contributed by atoms with Crippen molar-refractivity contribution in [2.45, 2.75) is 76.2 Å². The van der Waals surface area contributed by atoms with Gasteiger partial charge >= 0.3 is 6.03 Å². The fourth-order valence-corrected chi connectivity index (χ4v) is 4.10. The van der Waals surface area contributed by atoms with Gasteiger partial charge in [0.2, 0.25) is 0 Å². The summed E-state index contributed by atoms with van der Waals surface area (Å²) in [4.78, 5) is 14.9. The number of urea groups is 1. The van der Waals surface area contributed by atoms with Gasteiger partial charge in [0.15, 0.2) is 0 Å².